The molecule has 0 radical (unpaired) electrons. The van der Waals surface area contributed by atoms with Crippen molar-refractivity contribution in [2.45, 2.75) is 0 Å². The van der Waals surface area contributed by atoms with E-state index in [4.69, 9.17) is 9.15 Å². The molecule has 0 bridgehead atoms. The van der Waals surface area contributed by atoms with Crippen LogP contribution in [0.3, 0.4) is 0 Å². The summed E-state index contributed by atoms with van der Waals surface area (Å²) in [7, 11) is 0. The summed E-state index contributed by atoms with van der Waals surface area (Å²) < 4.78 is 11.0. The SMILES string of the molecule is c1cc2ccc(OCC3CNC3)cc2o1. The monoisotopic (exact) mass is 203 g/mol. The minimum Gasteiger partial charge on any atom is -0.493 e. The van der Waals surface area contributed by atoms with E-state index in [9.17, 15) is 0 Å². The maximum atomic E-state index is 5.69. The van der Waals surface area contributed by atoms with Crippen molar-refractivity contribution in [1.82, 2.24) is 5.32 Å². The summed E-state index contributed by atoms with van der Waals surface area (Å²) in [5.41, 5.74) is 0.888. The van der Waals surface area contributed by atoms with Gasteiger partial charge in [-0.1, -0.05) is 0 Å². The summed E-state index contributed by atoms with van der Waals surface area (Å²) in [5.74, 6) is 1.56. The van der Waals surface area contributed by atoms with Crippen molar-refractivity contribution >= 4 is 11.0 Å². The van der Waals surface area contributed by atoms with Gasteiger partial charge in [-0.15, -0.1) is 0 Å². The molecule has 0 unspecified atom stereocenters. The van der Waals surface area contributed by atoms with Gasteiger partial charge in [-0.25, -0.2) is 0 Å². The number of fused-ring (bicyclic) bond motifs is 1. The van der Waals surface area contributed by atoms with Gasteiger partial charge in [-0.05, 0) is 18.2 Å². The molecule has 0 aliphatic carbocycles. The summed E-state index contributed by atoms with van der Waals surface area (Å²) in [5, 5.41) is 4.34. The van der Waals surface area contributed by atoms with Crippen LogP contribution in [0.25, 0.3) is 11.0 Å². The summed E-state index contributed by atoms with van der Waals surface area (Å²) in [4.78, 5) is 0. The molecule has 3 rings (SSSR count). The van der Waals surface area contributed by atoms with E-state index in [0.29, 0.717) is 5.92 Å². The highest BCUT2D eigenvalue weighted by Crippen LogP contribution is 2.22. The lowest BCUT2D eigenvalue weighted by Crippen LogP contribution is -2.45. The third-order valence-corrected chi connectivity index (χ3v) is 2.78. The zero-order chi connectivity index (χ0) is 10.1. The largest absolute Gasteiger partial charge is 0.493 e. The molecule has 1 aliphatic heterocycles. The minimum atomic E-state index is 0.664. The second-order valence-electron chi connectivity index (χ2n) is 3.96. The second-order valence-corrected chi connectivity index (χ2v) is 3.96. The van der Waals surface area contributed by atoms with Crippen LogP contribution in [0.4, 0.5) is 0 Å². The molecule has 1 fully saturated rings. The van der Waals surface area contributed by atoms with Gasteiger partial charge in [0.25, 0.3) is 0 Å². The van der Waals surface area contributed by atoms with E-state index < -0.39 is 0 Å². The summed E-state index contributed by atoms with van der Waals surface area (Å²) in [6, 6.07) is 7.91. The molecule has 2 heterocycles. The molecule has 78 valence electrons. The van der Waals surface area contributed by atoms with Crippen LogP contribution in [0, 0.1) is 5.92 Å². The molecule has 1 N–H and O–H groups in total. The quantitative estimate of drug-likeness (QED) is 0.828. The Morgan fingerprint density at radius 2 is 2.27 bits per heavy atom. The van der Waals surface area contributed by atoms with E-state index in [0.717, 1.165) is 36.4 Å². The maximum Gasteiger partial charge on any atom is 0.137 e. The van der Waals surface area contributed by atoms with Crippen molar-refractivity contribution in [2.75, 3.05) is 19.7 Å². The Bertz CT molecular complexity index is 459. The van der Waals surface area contributed by atoms with Crippen LogP contribution < -0.4 is 10.1 Å². The molecule has 0 saturated carbocycles. The molecule has 0 spiro atoms. The average Bonchev–Trinajstić information content (AvgIpc) is 2.62. The van der Waals surface area contributed by atoms with Crippen molar-refractivity contribution < 1.29 is 9.15 Å². The van der Waals surface area contributed by atoms with Crippen molar-refractivity contribution in [3.63, 3.8) is 0 Å². The van der Waals surface area contributed by atoms with Crippen LogP contribution in [0.15, 0.2) is 34.9 Å². The topological polar surface area (TPSA) is 34.4 Å². The van der Waals surface area contributed by atoms with E-state index >= 15 is 0 Å². The molecule has 1 aromatic heterocycles. The number of nitrogens with one attached hydrogen (secondary N) is 1. The fourth-order valence-corrected chi connectivity index (χ4v) is 1.71. The Morgan fingerprint density at radius 3 is 3.07 bits per heavy atom. The normalized spacial score (nSPS) is 16.5. The number of hydrogen-bond acceptors (Lipinski definition) is 3. The Kier molecular flexibility index (Phi) is 2.10. The van der Waals surface area contributed by atoms with E-state index in [2.05, 4.69) is 5.32 Å². The molecule has 0 amide bonds. The Hall–Kier alpha value is -1.48. The Labute approximate surface area is 88.0 Å². The maximum absolute atomic E-state index is 5.69. The van der Waals surface area contributed by atoms with Gasteiger partial charge in [-0.3, -0.25) is 0 Å². The van der Waals surface area contributed by atoms with Gasteiger partial charge in [0.2, 0.25) is 0 Å². The molecule has 1 aliphatic rings. The first-order chi connectivity index (χ1) is 7.42. The lowest BCUT2D eigenvalue weighted by molar-refractivity contribution is 0.199. The van der Waals surface area contributed by atoms with Crippen LogP contribution >= 0.6 is 0 Å². The van der Waals surface area contributed by atoms with E-state index in [1.807, 2.05) is 24.3 Å². The van der Waals surface area contributed by atoms with Crippen LogP contribution in [0.1, 0.15) is 0 Å². The van der Waals surface area contributed by atoms with Crippen molar-refractivity contribution in [3.8, 4) is 5.75 Å². The number of furan rings is 1. The highest BCUT2D eigenvalue weighted by molar-refractivity contribution is 5.78. The zero-order valence-corrected chi connectivity index (χ0v) is 8.40. The number of ether oxygens (including phenoxy) is 1. The van der Waals surface area contributed by atoms with Crippen molar-refractivity contribution in [2.24, 2.45) is 5.92 Å². The molecule has 0 atom stereocenters. The fourth-order valence-electron chi connectivity index (χ4n) is 1.71. The molecule has 3 heteroatoms. The fraction of sp³-hybridized carbons (Fsp3) is 0.333. The van der Waals surface area contributed by atoms with Crippen LogP contribution in [0.2, 0.25) is 0 Å². The number of hydrogen-bond donors (Lipinski definition) is 1. The Balaban J connectivity index is 1.72. The highest BCUT2D eigenvalue weighted by atomic mass is 16.5. The van der Waals surface area contributed by atoms with Gasteiger partial charge in [-0.2, -0.15) is 0 Å². The lowest BCUT2D eigenvalue weighted by atomic mass is 10.1. The predicted octanol–water partition coefficient (Wildman–Crippen LogP) is 2.03. The van der Waals surface area contributed by atoms with E-state index in [1.165, 1.54) is 0 Å². The third kappa shape index (κ3) is 1.70. The van der Waals surface area contributed by atoms with Crippen LogP contribution in [0.5, 0.6) is 5.75 Å². The Morgan fingerprint density at radius 1 is 1.33 bits per heavy atom. The predicted molar refractivity (Wildman–Crippen MR) is 58.1 cm³/mol. The highest BCUT2D eigenvalue weighted by Gasteiger charge is 2.17. The van der Waals surface area contributed by atoms with Gasteiger partial charge in [0.15, 0.2) is 0 Å². The first-order valence-corrected chi connectivity index (χ1v) is 5.22. The summed E-state index contributed by atoms with van der Waals surface area (Å²) in [6.07, 6.45) is 1.70. The standard InChI is InChI=1S/C12H13NO2/c1-2-11(15-8-9-6-13-7-9)5-12-10(1)3-4-14-12/h1-5,9,13H,6-8H2. The summed E-state index contributed by atoms with van der Waals surface area (Å²) in [6.45, 7) is 2.94. The molecule has 15 heavy (non-hydrogen) atoms. The van der Waals surface area contributed by atoms with Crippen LogP contribution in [-0.4, -0.2) is 19.7 Å². The van der Waals surface area contributed by atoms with Gasteiger partial charge in [0.1, 0.15) is 11.3 Å². The molecule has 1 aromatic carbocycles. The first-order valence-electron chi connectivity index (χ1n) is 5.22. The van der Waals surface area contributed by atoms with E-state index in [1.54, 1.807) is 6.26 Å². The number of benzene rings is 1. The van der Waals surface area contributed by atoms with Gasteiger partial charge >= 0.3 is 0 Å². The van der Waals surface area contributed by atoms with Gasteiger partial charge in [0, 0.05) is 30.5 Å². The molecule has 2 aromatic rings. The average molecular weight is 203 g/mol. The van der Waals surface area contributed by atoms with Crippen LogP contribution in [-0.2, 0) is 0 Å². The van der Waals surface area contributed by atoms with Crippen molar-refractivity contribution in [3.05, 3.63) is 30.5 Å². The lowest BCUT2D eigenvalue weighted by Gasteiger charge is -2.26. The first kappa shape index (κ1) is 8.80. The molecule has 1 saturated heterocycles. The van der Waals surface area contributed by atoms with Gasteiger partial charge < -0.3 is 14.5 Å². The zero-order valence-electron chi connectivity index (χ0n) is 8.40. The third-order valence-electron chi connectivity index (χ3n) is 2.78. The second kappa shape index (κ2) is 3.59. The van der Waals surface area contributed by atoms with Gasteiger partial charge in [0.05, 0.1) is 12.9 Å². The van der Waals surface area contributed by atoms with Crippen molar-refractivity contribution in [1.29, 1.82) is 0 Å². The molecular weight excluding hydrogens is 190 g/mol. The molecular formula is C12H13NO2. The minimum absolute atomic E-state index is 0.664. The summed E-state index contributed by atoms with van der Waals surface area (Å²) >= 11 is 0. The number of rotatable bonds is 3. The smallest absolute Gasteiger partial charge is 0.137 e. The molecule has 3 nitrogen and oxygen atoms in total. The van der Waals surface area contributed by atoms with E-state index in [-0.39, 0.29) is 0 Å².